The van der Waals surface area contributed by atoms with Crippen molar-refractivity contribution in [2.45, 2.75) is 39.3 Å². The molecule has 142 valence electrons. The molecule has 0 aliphatic carbocycles. The molecule has 1 aromatic heterocycles. The summed E-state index contributed by atoms with van der Waals surface area (Å²) >= 11 is 12.3. The topological polar surface area (TPSA) is 46.9 Å². The molecule has 0 aliphatic heterocycles. The molecule has 0 unspecified atom stereocenters. The third-order valence-electron chi connectivity index (χ3n) is 4.19. The molecular formula is C20H20Cl2FN3O. The van der Waals surface area contributed by atoms with Crippen LogP contribution in [0, 0.1) is 5.82 Å². The Balaban J connectivity index is 1.98. The van der Waals surface area contributed by atoms with Crippen LogP contribution in [-0.4, -0.2) is 21.5 Å². The van der Waals surface area contributed by atoms with E-state index < -0.39 is 0 Å². The van der Waals surface area contributed by atoms with Crippen LogP contribution in [0.4, 0.5) is 4.39 Å². The maximum atomic E-state index is 14.1. The van der Waals surface area contributed by atoms with Crippen molar-refractivity contribution in [3.63, 3.8) is 0 Å². The second-order valence-corrected chi connectivity index (χ2v) is 7.49. The van der Waals surface area contributed by atoms with Crippen LogP contribution < -0.4 is 5.32 Å². The van der Waals surface area contributed by atoms with Gasteiger partial charge in [-0.05, 0) is 37.6 Å². The number of aryl methyl sites for hydroxylation is 1. The molecule has 0 saturated carbocycles. The summed E-state index contributed by atoms with van der Waals surface area (Å²) in [6.07, 6.45) is 0.594. The van der Waals surface area contributed by atoms with E-state index in [-0.39, 0.29) is 24.2 Å². The summed E-state index contributed by atoms with van der Waals surface area (Å²) in [5, 5.41) is 3.69. The average molecular weight is 408 g/mol. The van der Waals surface area contributed by atoms with Crippen molar-refractivity contribution >= 4 is 40.1 Å². The largest absolute Gasteiger partial charge is 0.354 e. The molecule has 27 heavy (non-hydrogen) atoms. The monoisotopic (exact) mass is 407 g/mol. The van der Waals surface area contributed by atoms with E-state index in [9.17, 15) is 9.18 Å². The smallest absolute Gasteiger partial charge is 0.221 e. The highest BCUT2D eigenvalue weighted by Gasteiger charge is 2.16. The number of hydrogen-bond acceptors (Lipinski definition) is 2. The van der Waals surface area contributed by atoms with Gasteiger partial charge in [0.25, 0.3) is 0 Å². The van der Waals surface area contributed by atoms with Crippen LogP contribution in [0.1, 0.15) is 31.7 Å². The standard InChI is InChI=1S/C20H20Cl2FN3O/c1-12(2)24-20(27)7-8-26-18-11-15(22)14(21)10-17(18)25-19(26)9-13-5-3-4-6-16(13)23/h3-6,10-12H,7-9H2,1-2H3,(H,24,27). The van der Waals surface area contributed by atoms with Crippen LogP contribution in [0.2, 0.25) is 10.0 Å². The molecule has 0 fully saturated rings. The minimum Gasteiger partial charge on any atom is -0.354 e. The zero-order chi connectivity index (χ0) is 19.6. The zero-order valence-electron chi connectivity index (χ0n) is 15.1. The molecule has 0 aliphatic rings. The van der Waals surface area contributed by atoms with Gasteiger partial charge in [0.15, 0.2) is 0 Å². The molecule has 0 saturated heterocycles. The Bertz CT molecular complexity index is 985. The third kappa shape index (κ3) is 4.60. The fourth-order valence-electron chi connectivity index (χ4n) is 2.97. The Morgan fingerprint density at radius 3 is 2.63 bits per heavy atom. The number of aromatic nitrogens is 2. The second-order valence-electron chi connectivity index (χ2n) is 6.68. The summed E-state index contributed by atoms with van der Waals surface area (Å²) in [7, 11) is 0. The Morgan fingerprint density at radius 2 is 1.93 bits per heavy atom. The summed E-state index contributed by atoms with van der Waals surface area (Å²) < 4.78 is 16.0. The van der Waals surface area contributed by atoms with Crippen LogP contribution in [-0.2, 0) is 17.8 Å². The fourth-order valence-corrected chi connectivity index (χ4v) is 3.29. The van der Waals surface area contributed by atoms with E-state index in [1.807, 2.05) is 18.4 Å². The molecule has 0 atom stereocenters. The SMILES string of the molecule is CC(C)NC(=O)CCn1c(Cc2ccccc2F)nc2cc(Cl)c(Cl)cc21. The first kappa shape index (κ1) is 19.6. The van der Waals surface area contributed by atoms with E-state index in [2.05, 4.69) is 10.3 Å². The first-order valence-electron chi connectivity index (χ1n) is 8.72. The van der Waals surface area contributed by atoms with Gasteiger partial charge in [-0.15, -0.1) is 0 Å². The van der Waals surface area contributed by atoms with E-state index in [0.29, 0.717) is 39.9 Å². The maximum Gasteiger partial charge on any atom is 0.221 e. The van der Waals surface area contributed by atoms with Gasteiger partial charge >= 0.3 is 0 Å². The van der Waals surface area contributed by atoms with Crippen LogP contribution in [0.15, 0.2) is 36.4 Å². The third-order valence-corrected chi connectivity index (χ3v) is 4.91. The second kappa shape index (κ2) is 8.28. The van der Waals surface area contributed by atoms with Gasteiger partial charge in [0.1, 0.15) is 11.6 Å². The molecule has 3 rings (SSSR count). The van der Waals surface area contributed by atoms with E-state index in [1.54, 1.807) is 30.3 Å². The van der Waals surface area contributed by atoms with Gasteiger partial charge in [0, 0.05) is 25.4 Å². The number of fused-ring (bicyclic) bond motifs is 1. The predicted molar refractivity (Wildman–Crippen MR) is 107 cm³/mol. The summed E-state index contributed by atoms with van der Waals surface area (Å²) in [6.45, 7) is 4.24. The number of hydrogen-bond donors (Lipinski definition) is 1. The number of halogens is 3. The Morgan fingerprint density at radius 1 is 1.22 bits per heavy atom. The molecule has 0 radical (unpaired) electrons. The summed E-state index contributed by atoms with van der Waals surface area (Å²) in [6, 6.07) is 10.1. The van der Waals surface area contributed by atoms with Gasteiger partial charge in [0.05, 0.1) is 21.1 Å². The van der Waals surface area contributed by atoms with Gasteiger partial charge in [-0.3, -0.25) is 4.79 Å². The lowest BCUT2D eigenvalue weighted by Gasteiger charge is -2.12. The van der Waals surface area contributed by atoms with Gasteiger partial charge in [-0.2, -0.15) is 0 Å². The van der Waals surface area contributed by atoms with Gasteiger partial charge in [-0.25, -0.2) is 9.37 Å². The number of imidazole rings is 1. The van der Waals surface area contributed by atoms with Crippen molar-refractivity contribution in [2.24, 2.45) is 0 Å². The minimum atomic E-state index is -0.287. The molecule has 2 aromatic carbocycles. The highest BCUT2D eigenvalue weighted by Crippen LogP contribution is 2.29. The zero-order valence-corrected chi connectivity index (χ0v) is 16.6. The Hall–Kier alpha value is -2.11. The number of benzene rings is 2. The normalized spacial score (nSPS) is 11.3. The summed E-state index contributed by atoms with van der Waals surface area (Å²) in [5.74, 6) is 0.319. The minimum absolute atomic E-state index is 0.0521. The first-order chi connectivity index (χ1) is 12.8. The summed E-state index contributed by atoms with van der Waals surface area (Å²) in [4.78, 5) is 16.7. The molecule has 4 nitrogen and oxygen atoms in total. The maximum absolute atomic E-state index is 14.1. The quantitative estimate of drug-likeness (QED) is 0.625. The highest BCUT2D eigenvalue weighted by molar-refractivity contribution is 6.42. The van der Waals surface area contributed by atoms with Crippen molar-refractivity contribution in [3.8, 4) is 0 Å². The Kier molecular flexibility index (Phi) is 6.02. The van der Waals surface area contributed by atoms with Crippen molar-refractivity contribution < 1.29 is 9.18 Å². The number of carbonyl (C=O) groups is 1. The van der Waals surface area contributed by atoms with Gasteiger partial charge in [-0.1, -0.05) is 41.4 Å². The van der Waals surface area contributed by atoms with Crippen LogP contribution >= 0.6 is 23.2 Å². The molecular weight excluding hydrogens is 388 g/mol. The highest BCUT2D eigenvalue weighted by atomic mass is 35.5. The van der Waals surface area contributed by atoms with Gasteiger partial charge in [0.2, 0.25) is 5.91 Å². The molecule has 1 amide bonds. The number of rotatable bonds is 6. The van der Waals surface area contributed by atoms with Crippen molar-refractivity contribution in [1.82, 2.24) is 14.9 Å². The molecule has 0 spiro atoms. The van der Waals surface area contributed by atoms with E-state index in [0.717, 1.165) is 5.52 Å². The predicted octanol–water partition coefficient (Wildman–Crippen LogP) is 4.99. The van der Waals surface area contributed by atoms with Crippen molar-refractivity contribution in [2.75, 3.05) is 0 Å². The number of carbonyl (C=O) groups excluding carboxylic acids is 1. The first-order valence-corrected chi connectivity index (χ1v) is 9.47. The lowest BCUT2D eigenvalue weighted by Crippen LogP contribution is -2.30. The lowest BCUT2D eigenvalue weighted by atomic mass is 10.1. The number of nitrogens with one attached hydrogen (secondary N) is 1. The summed E-state index contributed by atoms with van der Waals surface area (Å²) in [5.41, 5.74) is 1.98. The number of amides is 1. The van der Waals surface area contributed by atoms with E-state index in [4.69, 9.17) is 23.2 Å². The van der Waals surface area contributed by atoms with Gasteiger partial charge < -0.3 is 9.88 Å². The van der Waals surface area contributed by atoms with Crippen LogP contribution in [0.25, 0.3) is 11.0 Å². The van der Waals surface area contributed by atoms with Crippen molar-refractivity contribution in [3.05, 3.63) is 63.6 Å². The van der Waals surface area contributed by atoms with Crippen molar-refractivity contribution in [1.29, 1.82) is 0 Å². The molecule has 3 aromatic rings. The van der Waals surface area contributed by atoms with Crippen LogP contribution in [0.3, 0.4) is 0 Å². The number of nitrogens with zero attached hydrogens (tertiary/aromatic N) is 2. The molecule has 0 bridgehead atoms. The molecule has 7 heteroatoms. The van der Waals surface area contributed by atoms with E-state index >= 15 is 0 Å². The van der Waals surface area contributed by atoms with E-state index in [1.165, 1.54) is 6.07 Å². The molecule has 1 N–H and O–H groups in total. The Labute approximate surface area is 167 Å². The van der Waals surface area contributed by atoms with Crippen LogP contribution in [0.5, 0.6) is 0 Å². The fraction of sp³-hybridized carbons (Fsp3) is 0.300. The molecule has 1 heterocycles. The average Bonchev–Trinajstić information content (AvgIpc) is 2.91. The lowest BCUT2D eigenvalue weighted by molar-refractivity contribution is -0.121.